The standard InChI is InChI=1S/C20H22N2O6/c1-26-16-8-4-14(5-9-16)19(13-22(24)25)18(20(23)28-3)12-21-15-6-10-17(27-2)11-7-15/h4-12,19,21H,13H2,1-3H3/b18-12-. The number of nitrogens with one attached hydrogen (secondary N) is 1. The van der Waals surface area contributed by atoms with E-state index in [2.05, 4.69) is 5.32 Å². The summed E-state index contributed by atoms with van der Waals surface area (Å²) in [5, 5.41) is 14.2. The van der Waals surface area contributed by atoms with Crippen molar-refractivity contribution >= 4 is 11.7 Å². The van der Waals surface area contributed by atoms with Crippen LogP contribution in [-0.4, -0.2) is 38.8 Å². The molecule has 0 saturated carbocycles. The Hall–Kier alpha value is -3.55. The zero-order chi connectivity index (χ0) is 20.5. The van der Waals surface area contributed by atoms with E-state index in [9.17, 15) is 14.9 Å². The molecule has 2 aromatic rings. The summed E-state index contributed by atoms with van der Waals surface area (Å²) in [6.07, 6.45) is 1.44. The second-order valence-electron chi connectivity index (χ2n) is 5.81. The summed E-state index contributed by atoms with van der Waals surface area (Å²) in [5.41, 5.74) is 1.43. The Bertz CT molecular complexity index is 831. The van der Waals surface area contributed by atoms with Crippen LogP contribution < -0.4 is 14.8 Å². The van der Waals surface area contributed by atoms with Gasteiger partial charge in [-0.2, -0.15) is 0 Å². The first-order valence-corrected chi connectivity index (χ1v) is 8.43. The van der Waals surface area contributed by atoms with Crippen LogP contribution in [0.25, 0.3) is 0 Å². The highest BCUT2D eigenvalue weighted by Crippen LogP contribution is 2.28. The van der Waals surface area contributed by atoms with Crippen LogP contribution in [0.3, 0.4) is 0 Å². The number of benzene rings is 2. The maximum Gasteiger partial charge on any atom is 0.336 e. The van der Waals surface area contributed by atoms with E-state index in [1.807, 2.05) is 0 Å². The van der Waals surface area contributed by atoms with Gasteiger partial charge in [-0.05, 0) is 42.0 Å². The van der Waals surface area contributed by atoms with Crippen molar-refractivity contribution in [2.45, 2.75) is 5.92 Å². The van der Waals surface area contributed by atoms with E-state index >= 15 is 0 Å². The normalized spacial score (nSPS) is 12.0. The number of rotatable bonds is 9. The van der Waals surface area contributed by atoms with Gasteiger partial charge in [0.1, 0.15) is 11.5 Å². The van der Waals surface area contributed by atoms with Crippen LogP contribution in [0, 0.1) is 10.1 Å². The van der Waals surface area contributed by atoms with Gasteiger partial charge in [0.25, 0.3) is 0 Å². The molecule has 28 heavy (non-hydrogen) atoms. The largest absolute Gasteiger partial charge is 0.497 e. The topological polar surface area (TPSA) is 99.9 Å². The Kier molecular flexibility index (Phi) is 7.38. The lowest BCUT2D eigenvalue weighted by atomic mass is 9.91. The summed E-state index contributed by atoms with van der Waals surface area (Å²) in [5.74, 6) is -0.140. The fourth-order valence-corrected chi connectivity index (χ4v) is 2.64. The van der Waals surface area contributed by atoms with Crippen molar-refractivity contribution in [3.8, 4) is 11.5 Å². The molecule has 0 amide bonds. The molecule has 0 aromatic heterocycles. The summed E-state index contributed by atoms with van der Waals surface area (Å²) in [4.78, 5) is 23.1. The Morgan fingerprint density at radius 3 is 2.04 bits per heavy atom. The summed E-state index contributed by atoms with van der Waals surface area (Å²) >= 11 is 0. The molecular formula is C20H22N2O6. The van der Waals surface area contributed by atoms with Crippen molar-refractivity contribution in [2.24, 2.45) is 0 Å². The molecule has 2 rings (SSSR count). The number of methoxy groups -OCH3 is 3. The highest BCUT2D eigenvalue weighted by molar-refractivity contribution is 5.90. The van der Waals surface area contributed by atoms with Crippen LogP contribution in [0.5, 0.6) is 11.5 Å². The quantitative estimate of drug-likeness (QED) is 0.306. The average Bonchev–Trinajstić information content (AvgIpc) is 2.73. The minimum Gasteiger partial charge on any atom is -0.497 e. The van der Waals surface area contributed by atoms with E-state index in [0.29, 0.717) is 22.7 Å². The molecule has 0 bridgehead atoms. The summed E-state index contributed by atoms with van der Waals surface area (Å²) in [7, 11) is 4.33. The van der Waals surface area contributed by atoms with Crippen molar-refractivity contribution in [1.82, 2.24) is 0 Å². The van der Waals surface area contributed by atoms with Crippen LogP contribution in [0.2, 0.25) is 0 Å². The number of hydrogen-bond acceptors (Lipinski definition) is 7. The van der Waals surface area contributed by atoms with E-state index < -0.39 is 23.4 Å². The minimum absolute atomic E-state index is 0.139. The summed E-state index contributed by atoms with van der Waals surface area (Å²) in [6.45, 7) is -0.461. The van der Waals surface area contributed by atoms with Crippen LogP contribution in [0.4, 0.5) is 5.69 Å². The molecule has 8 heteroatoms. The Balaban J connectivity index is 2.37. The summed E-state index contributed by atoms with van der Waals surface area (Å²) < 4.78 is 15.1. The van der Waals surface area contributed by atoms with E-state index in [1.165, 1.54) is 20.4 Å². The zero-order valence-electron chi connectivity index (χ0n) is 15.9. The number of nitro groups is 1. The van der Waals surface area contributed by atoms with Gasteiger partial charge < -0.3 is 19.5 Å². The molecule has 0 aliphatic heterocycles. The zero-order valence-corrected chi connectivity index (χ0v) is 15.9. The van der Waals surface area contributed by atoms with Crippen molar-refractivity contribution in [2.75, 3.05) is 33.2 Å². The first-order chi connectivity index (χ1) is 13.5. The van der Waals surface area contributed by atoms with Gasteiger partial charge in [0.15, 0.2) is 0 Å². The SMILES string of the molecule is COC(=O)/C(=C\Nc1ccc(OC)cc1)C(C[N+](=O)[O-])c1ccc(OC)cc1. The van der Waals surface area contributed by atoms with Crippen molar-refractivity contribution < 1.29 is 23.9 Å². The first kappa shape index (κ1) is 20.8. The highest BCUT2D eigenvalue weighted by atomic mass is 16.6. The predicted molar refractivity (Wildman–Crippen MR) is 104 cm³/mol. The van der Waals surface area contributed by atoms with E-state index in [0.717, 1.165) is 0 Å². The third-order valence-electron chi connectivity index (χ3n) is 4.13. The smallest absolute Gasteiger partial charge is 0.336 e. The number of anilines is 1. The van der Waals surface area contributed by atoms with Crippen molar-refractivity contribution in [3.05, 3.63) is 76.0 Å². The van der Waals surface area contributed by atoms with E-state index in [-0.39, 0.29) is 5.57 Å². The average molecular weight is 386 g/mol. The fourth-order valence-electron chi connectivity index (χ4n) is 2.64. The number of carbonyl (C=O) groups excluding carboxylic acids is 1. The third kappa shape index (κ3) is 5.47. The molecule has 0 heterocycles. The number of carbonyl (C=O) groups is 1. The van der Waals surface area contributed by atoms with E-state index in [1.54, 1.807) is 55.6 Å². The lowest BCUT2D eigenvalue weighted by Gasteiger charge is -2.17. The van der Waals surface area contributed by atoms with Gasteiger partial charge in [0.2, 0.25) is 6.54 Å². The molecule has 0 aliphatic carbocycles. The molecule has 148 valence electrons. The van der Waals surface area contributed by atoms with Crippen molar-refractivity contribution in [1.29, 1.82) is 0 Å². The number of esters is 1. The Morgan fingerprint density at radius 1 is 1.04 bits per heavy atom. The van der Waals surface area contributed by atoms with Gasteiger partial charge >= 0.3 is 5.97 Å². The van der Waals surface area contributed by atoms with Gasteiger partial charge in [0.05, 0.1) is 32.8 Å². The minimum atomic E-state index is -0.792. The molecule has 1 atom stereocenters. The molecule has 8 nitrogen and oxygen atoms in total. The van der Waals surface area contributed by atoms with Gasteiger partial charge in [-0.3, -0.25) is 10.1 Å². The molecule has 1 N–H and O–H groups in total. The van der Waals surface area contributed by atoms with Gasteiger partial charge in [0, 0.05) is 16.8 Å². The van der Waals surface area contributed by atoms with Crippen molar-refractivity contribution in [3.63, 3.8) is 0 Å². The molecule has 1 unspecified atom stereocenters. The molecule has 0 spiro atoms. The molecule has 0 aliphatic rings. The molecule has 2 aromatic carbocycles. The number of nitrogens with zero attached hydrogens (tertiary/aromatic N) is 1. The van der Waals surface area contributed by atoms with Crippen LogP contribution in [0.1, 0.15) is 11.5 Å². The fraction of sp³-hybridized carbons (Fsp3) is 0.250. The summed E-state index contributed by atoms with van der Waals surface area (Å²) in [6, 6.07) is 13.8. The second kappa shape index (κ2) is 9.96. The van der Waals surface area contributed by atoms with Crippen LogP contribution in [-0.2, 0) is 9.53 Å². The molecule has 0 radical (unpaired) electrons. The number of ether oxygens (including phenoxy) is 3. The lowest BCUT2D eigenvalue weighted by Crippen LogP contribution is -2.21. The van der Waals surface area contributed by atoms with Gasteiger partial charge in [-0.25, -0.2) is 4.79 Å². The first-order valence-electron chi connectivity index (χ1n) is 8.43. The lowest BCUT2D eigenvalue weighted by molar-refractivity contribution is -0.481. The van der Waals surface area contributed by atoms with Gasteiger partial charge in [-0.1, -0.05) is 12.1 Å². The number of hydrogen-bond donors (Lipinski definition) is 1. The van der Waals surface area contributed by atoms with E-state index in [4.69, 9.17) is 14.2 Å². The second-order valence-corrected chi connectivity index (χ2v) is 5.81. The van der Waals surface area contributed by atoms with Crippen LogP contribution in [0.15, 0.2) is 60.3 Å². The monoisotopic (exact) mass is 386 g/mol. The maximum atomic E-state index is 12.4. The van der Waals surface area contributed by atoms with Gasteiger partial charge in [-0.15, -0.1) is 0 Å². The molecule has 0 fully saturated rings. The Labute approximate surface area is 162 Å². The predicted octanol–water partition coefficient (Wildman–Crippen LogP) is 3.23. The molecule has 0 saturated heterocycles. The highest BCUT2D eigenvalue weighted by Gasteiger charge is 2.28. The molecular weight excluding hydrogens is 364 g/mol. The Morgan fingerprint density at radius 2 is 1.57 bits per heavy atom. The third-order valence-corrected chi connectivity index (χ3v) is 4.13. The maximum absolute atomic E-state index is 12.4. The van der Waals surface area contributed by atoms with Crippen LogP contribution >= 0.6 is 0 Å².